The van der Waals surface area contributed by atoms with Crippen LogP contribution in [0.3, 0.4) is 0 Å². The molecule has 2 N–H and O–H groups in total. The molecule has 0 bridgehead atoms. The summed E-state index contributed by atoms with van der Waals surface area (Å²) in [5.41, 5.74) is 6.09. The second-order valence-corrected chi connectivity index (χ2v) is 5.56. The van der Waals surface area contributed by atoms with Gasteiger partial charge in [-0.15, -0.1) is 17.9 Å². The lowest BCUT2D eigenvalue weighted by atomic mass is 10.1. The van der Waals surface area contributed by atoms with E-state index >= 15 is 0 Å². The fourth-order valence-corrected chi connectivity index (χ4v) is 2.98. The Morgan fingerprint density at radius 2 is 2.27 bits per heavy atom. The van der Waals surface area contributed by atoms with Gasteiger partial charge in [-0.3, -0.25) is 0 Å². The molecule has 1 atom stereocenters. The van der Waals surface area contributed by atoms with Gasteiger partial charge in [0.25, 0.3) is 0 Å². The Morgan fingerprint density at radius 3 is 2.87 bits per heavy atom. The molecule has 3 heteroatoms. The predicted octanol–water partition coefficient (Wildman–Crippen LogP) is 4.65. The van der Waals surface area contributed by atoms with Crippen molar-refractivity contribution >= 4 is 27.3 Å². The zero-order valence-corrected chi connectivity index (χ0v) is 11.3. The number of nitrogens with two attached hydrogens (primary N) is 1. The van der Waals surface area contributed by atoms with Crippen LogP contribution < -0.4 is 5.73 Å². The van der Waals surface area contributed by atoms with E-state index in [1.807, 2.05) is 6.08 Å². The summed E-state index contributed by atoms with van der Waals surface area (Å²) < 4.78 is 1.14. The number of allylic oxidation sites excluding steroid dienone is 1. The van der Waals surface area contributed by atoms with Gasteiger partial charge in [-0.25, -0.2) is 0 Å². The van der Waals surface area contributed by atoms with Crippen LogP contribution >= 0.6 is 27.3 Å². The Bertz CT molecular complexity index is 296. The highest BCUT2D eigenvalue weighted by Gasteiger charge is 2.07. The molecule has 1 nitrogen and oxygen atoms in total. The third kappa shape index (κ3) is 4.96. The molecule has 0 spiro atoms. The van der Waals surface area contributed by atoms with Crippen LogP contribution in [0.2, 0.25) is 0 Å². The number of thiophene rings is 1. The van der Waals surface area contributed by atoms with E-state index in [1.54, 1.807) is 11.3 Å². The van der Waals surface area contributed by atoms with Crippen LogP contribution in [0.15, 0.2) is 28.6 Å². The number of unbranched alkanes of at least 4 members (excludes halogenated alkanes) is 3. The van der Waals surface area contributed by atoms with Gasteiger partial charge in [0, 0.05) is 20.8 Å². The maximum Gasteiger partial charge on any atom is 0.0390 e. The van der Waals surface area contributed by atoms with E-state index in [2.05, 4.69) is 34.0 Å². The first-order valence-electron chi connectivity index (χ1n) is 5.34. The van der Waals surface area contributed by atoms with Crippen molar-refractivity contribution in [1.82, 2.24) is 0 Å². The highest BCUT2D eigenvalue weighted by atomic mass is 79.9. The van der Waals surface area contributed by atoms with Gasteiger partial charge >= 0.3 is 0 Å². The summed E-state index contributed by atoms with van der Waals surface area (Å²) in [6, 6.07) is 2.34. The lowest BCUT2D eigenvalue weighted by Gasteiger charge is -2.08. The Hall–Kier alpha value is -0.120. The SMILES string of the molecule is C=CCCCCCC(N)c1cc(Br)cs1. The van der Waals surface area contributed by atoms with Crippen molar-refractivity contribution in [3.63, 3.8) is 0 Å². The highest BCUT2D eigenvalue weighted by molar-refractivity contribution is 9.10. The fourth-order valence-electron chi connectivity index (χ4n) is 1.49. The van der Waals surface area contributed by atoms with Crippen LogP contribution in [0.25, 0.3) is 0 Å². The molecule has 0 amide bonds. The molecule has 84 valence electrons. The fraction of sp³-hybridized carbons (Fsp3) is 0.500. The van der Waals surface area contributed by atoms with E-state index in [1.165, 1.54) is 24.1 Å². The van der Waals surface area contributed by atoms with E-state index < -0.39 is 0 Å². The average molecular weight is 288 g/mol. The molecule has 1 heterocycles. The monoisotopic (exact) mass is 287 g/mol. The lowest BCUT2D eigenvalue weighted by molar-refractivity contribution is 0.578. The van der Waals surface area contributed by atoms with Crippen molar-refractivity contribution in [1.29, 1.82) is 0 Å². The highest BCUT2D eigenvalue weighted by Crippen LogP contribution is 2.27. The maximum atomic E-state index is 6.09. The van der Waals surface area contributed by atoms with Crippen LogP contribution in [-0.2, 0) is 0 Å². The van der Waals surface area contributed by atoms with E-state index in [0.717, 1.165) is 17.3 Å². The van der Waals surface area contributed by atoms with Crippen molar-refractivity contribution in [3.05, 3.63) is 33.5 Å². The summed E-state index contributed by atoms with van der Waals surface area (Å²) in [6.07, 6.45) is 7.90. The van der Waals surface area contributed by atoms with Gasteiger partial charge in [-0.05, 0) is 41.3 Å². The number of rotatable bonds is 7. The molecule has 0 aliphatic rings. The minimum Gasteiger partial charge on any atom is -0.323 e. The third-order valence-electron chi connectivity index (χ3n) is 2.38. The molecule has 1 aromatic rings. The van der Waals surface area contributed by atoms with Gasteiger partial charge in [-0.1, -0.05) is 18.9 Å². The van der Waals surface area contributed by atoms with Crippen molar-refractivity contribution in [2.75, 3.05) is 0 Å². The first kappa shape index (κ1) is 12.9. The van der Waals surface area contributed by atoms with Crippen molar-refractivity contribution in [2.24, 2.45) is 5.73 Å². The molecule has 0 radical (unpaired) electrons. The molecule has 0 aliphatic heterocycles. The summed E-state index contributed by atoms with van der Waals surface area (Å²) >= 11 is 5.18. The van der Waals surface area contributed by atoms with Crippen molar-refractivity contribution in [3.8, 4) is 0 Å². The van der Waals surface area contributed by atoms with E-state index in [0.29, 0.717) is 0 Å². The lowest BCUT2D eigenvalue weighted by Crippen LogP contribution is -2.08. The van der Waals surface area contributed by atoms with Gasteiger partial charge in [-0.2, -0.15) is 0 Å². The first-order chi connectivity index (χ1) is 7.24. The summed E-state index contributed by atoms with van der Waals surface area (Å²) in [4.78, 5) is 1.28. The van der Waals surface area contributed by atoms with Gasteiger partial charge < -0.3 is 5.73 Å². The third-order valence-corrected chi connectivity index (χ3v) is 4.20. The number of hydrogen-bond donors (Lipinski definition) is 1. The summed E-state index contributed by atoms with van der Waals surface area (Å²) in [5, 5.41) is 2.09. The Kier molecular flexibility index (Phi) is 6.22. The van der Waals surface area contributed by atoms with Gasteiger partial charge in [0.2, 0.25) is 0 Å². The van der Waals surface area contributed by atoms with Crippen LogP contribution in [-0.4, -0.2) is 0 Å². The number of halogens is 1. The average Bonchev–Trinajstić information content (AvgIpc) is 2.64. The maximum absolute atomic E-state index is 6.09. The smallest absolute Gasteiger partial charge is 0.0390 e. The Balaban J connectivity index is 2.18. The number of hydrogen-bond acceptors (Lipinski definition) is 2. The quantitative estimate of drug-likeness (QED) is 0.573. The van der Waals surface area contributed by atoms with E-state index in [9.17, 15) is 0 Å². The molecule has 0 aromatic carbocycles. The molecule has 0 saturated heterocycles. The zero-order valence-electron chi connectivity index (χ0n) is 8.92. The van der Waals surface area contributed by atoms with Crippen molar-refractivity contribution in [2.45, 2.75) is 38.1 Å². The van der Waals surface area contributed by atoms with Gasteiger partial charge in [0.05, 0.1) is 0 Å². The van der Waals surface area contributed by atoms with Gasteiger partial charge in [0.15, 0.2) is 0 Å². The van der Waals surface area contributed by atoms with Crippen LogP contribution in [0.4, 0.5) is 0 Å². The zero-order chi connectivity index (χ0) is 11.1. The Labute approximate surface area is 105 Å². The first-order valence-corrected chi connectivity index (χ1v) is 7.01. The Morgan fingerprint density at radius 1 is 1.47 bits per heavy atom. The molecule has 1 rings (SSSR count). The van der Waals surface area contributed by atoms with Crippen LogP contribution in [0.1, 0.15) is 43.0 Å². The summed E-state index contributed by atoms with van der Waals surface area (Å²) in [5.74, 6) is 0. The second-order valence-electron chi connectivity index (χ2n) is 3.70. The minimum absolute atomic E-state index is 0.213. The molecule has 1 aromatic heterocycles. The van der Waals surface area contributed by atoms with Gasteiger partial charge in [0.1, 0.15) is 0 Å². The van der Waals surface area contributed by atoms with Crippen molar-refractivity contribution < 1.29 is 0 Å². The summed E-state index contributed by atoms with van der Waals surface area (Å²) in [7, 11) is 0. The molecule has 0 saturated carbocycles. The molecule has 1 unspecified atom stereocenters. The van der Waals surface area contributed by atoms with E-state index in [4.69, 9.17) is 5.73 Å². The molecule has 15 heavy (non-hydrogen) atoms. The molecule has 0 aliphatic carbocycles. The predicted molar refractivity (Wildman–Crippen MR) is 72.2 cm³/mol. The van der Waals surface area contributed by atoms with Crippen LogP contribution in [0, 0.1) is 0 Å². The van der Waals surface area contributed by atoms with Crippen LogP contribution in [0.5, 0.6) is 0 Å². The molecular weight excluding hydrogens is 270 g/mol. The molecule has 0 fully saturated rings. The second kappa shape index (κ2) is 7.20. The van der Waals surface area contributed by atoms with E-state index in [-0.39, 0.29) is 6.04 Å². The minimum atomic E-state index is 0.213. The largest absolute Gasteiger partial charge is 0.323 e. The summed E-state index contributed by atoms with van der Waals surface area (Å²) in [6.45, 7) is 3.72. The molecular formula is C12H18BrNS. The topological polar surface area (TPSA) is 26.0 Å². The normalized spacial score (nSPS) is 12.7. The standard InChI is InChI=1S/C12H18BrNS/c1-2-3-4-5-6-7-11(14)12-8-10(13)9-15-12/h2,8-9,11H,1,3-7,14H2.